The highest BCUT2D eigenvalue weighted by atomic mass is 32.2. The number of hydrogen-bond acceptors (Lipinski definition) is 6. The van der Waals surface area contributed by atoms with Crippen molar-refractivity contribution in [3.63, 3.8) is 0 Å². The van der Waals surface area contributed by atoms with Gasteiger partial charge < -0.3 is 4.74 Å². The number of carbonyl (C=O) groups is 1. The largest absolute Gasteiger partial charge is 0.465 e. The van der Waals surface area contributed by atoms with Gasteiger partial charge in [0.25, 0.3) is 0 Å². The van der Waals surface area contributed by atoms with Crippen LogP contribution in [0.25, 0.3) is 5.65 Å². The molecule has 23 heavy (non-hydrogen) atoms. The minimum absolute atomic E-state index is 0.348. The fourth-order valence-corrected chi connectivity index (χ4v) is 2.80. The van der Waals surface area contributed by atoms with Gasteiger partial charge in [0.1, 0.15) is 5.65 Å². The molecule has 0 bridgehead atoms. The predicted octanol–water partition coefficient (Wildman–Crippen LogP) is 2.17. The molecule has 0 fully saturated rings. The Morgan fingerprint density at radius 3 is 2.70 bits per heavy atom. The number of rotatable bonds is 4. The molecule has 0 saturated carbocycles. The molecule has 2 heterocycles. The first-order valence-electron chi connectivity index (χ1n) is 6.83. The van der Waals surface area contributed by atoms with Crippen LogP contribution in [0.5, 0.6) is 0 Å². The lowest BCUT2D eigenvalue weighted by molar-refractivity contribution is 0.0600. The summed E-state index contributed by atoms with van der Waals surface area (Å²) in [7, 11) is 1.35. The number of methoxy groups -OCH3 is 1. The highest BCUT2D eigenvalue weighted by molar-refractivity contribution is 7.98. The van der Waals surface area contributed by atoms with Crippen LogP contribution in [0.1, 0.15) is 15.9 Å². The summed E-state index contributed by atoms with van der Waals surface area (Å²) in [5.41, 5.74) is 1.72. The number of thioether (sulfide) groups is 1. The molecular weight excluding hydrogens is 314 g/mol. The Bertz CT molecular complexity index is 906. The third-order valence-electron chi connectivity index (χ3n) is 3.19. The SMILES string of the molecule is COC(=O)c1ccc(CSc2nc(=O)n3ccccc3n2)cc1. The highest BCUT2D eigenvalue weighted by Gasteiger charge is 2.07. The summed E-state index contributed by atoms with van der Waals surface area (Å²) in [5, 5.41) is 0.429. The molecule has 0 aliphatic carbocycles. The van der Waals surface area contributed by atoms with E-state index in [0.717, 1.165) is 5.56 Å². The van der Waals surface area contributed by atoms with E-state index in [4.69, 9.17) is 0 Å². The summed E-state index contributed by atoms with van der Waals surface area (Å²) in [6, 6.07) is 12.4. The van der Waals surface area contributed by atoms with Gasteiger partial charge >= 0.3 is 11.7 Å². The van der Waals surface area contributed by atoms with Gasteiger partial charge in [0, 0.05) is 11.9 Å². The number of aromatic nitrogens is 3. The normalized spacial score (nSPS) is 10.7. The molecule has 6 nitrogen and oxygen atoms in total. The second kappa shape index (κ2) is 6.62. The fourth-order valence-electron chi connectivity index (χ4n) is 2.01. The predicted molar refractivity (Wildman–Crippen MR) is 86.6 cm³/mol. The van der Waals surface area contributed by atoms with Crippen LogP contribution in [0.4, 0.5) is 0 Å². The molecule has 0 saturated heterocycles. The quantitative estimate of drug-likeness (QED) is 0.540. The maximum Gasteiger partial charge on any atom is 0.355 e. The van der Waals surface area contributed by atoms with Crippen molar-refractivity contribution in [1.82, 2.24) is 14.4 Å². The lowest BCUT2D eigenvalue weighted by atomic mass is 10.1. The van der Waals surface area contributed by atoms with Crippen molar-refractivity contribution < 1.29 is 9.53 Å². The summed E-state index contributed by atoms with van der Waals surface area (Å²) in [5.74, 6) is 0.235. The molecule has 0 radical (unpaired) electrons. The van der Waals surface area contributed by atoms with Crippen LogP contribution < -0.4 is 5.69 Å². The number of fused-ring (bicyclic) bond motifs is 1. The Labute approximate surface area is 136 Å². The second-order valence-corrected chi connectivity index (χ2v) is 5.64. The van der Waals surface area contributed by atoms with Gasteiger partial charge in [0.15, 0.2) is 5.16 Å². The average Bonchev–Trinajstić information content (AvgIpc) is 2.60. The van der Waals surface area contributed by atoms with Gasteiger partial charge in [-0.05, 0) is 29.8 Å². The van der Waals surface area contributed by atoms with E-state index in [-0.39, 0.29) is 11.7 Å². The van der Waals surface area contributed by atoms with Gasteiger partial charge in [-0.25, -0.2) is 14.6 Å². The van der Waals surface area contributed by atoms with Crippen molar-refractivity contribution in [1.29, 1.82) is 0 Å². The van der Waals surface area contributed by atoms with Crippen molar-refractivity contribution >= 4 is 23.4 Å². The first-order chi connectivity index (χ1) is 11.2. The average molecular weight is 327 g/mol. The first-order valence-corrected chi connectivity index (χ1v) is 7.81. The molecule has 1 aromatic carbocycles. The Balaban J connectivity index is 1.75. The number of esters is 1. The van der Waals surface area contributed by atoms with E-state index in [1.165, 1.54) is 23.3 Å². The van der Waals surface area contributed by atoms with Crippen LogP contribution in [0.15, 0.2) is 58.6 Å². The van der Waals surface area contributed by atoms with Crippen LogP contribution >= 0.6 is 11.8 Å². The first kappa shape index (κ1) is 15.2. The number of nitrogens with zero attached hydrogens (tertiary/aromatic N) is 3. The van der Waals surface area contributed by atoms with Crippen LogP contribution in [-0.4, -0.2) is 27.4 Å². The summed E-state index contributed by atoms with van der Waals surface area (Å²) < 4.78 is 6.06. The Morgan fingerprint density at radius 2 is 1.96 bits per heavy atom. The van der Waals surface area contributed by atoms with E-state index < -0.39 is 0 Å². The zero-order valence-electron chi connectivity index (χ0n) is 12.3. The lowest BCUT2D eigenvalue weighted by Gasteiger charge is -2.04. The van der Waals surface area contributed by atoms with E-state index in [2.05, 4.69) is 14.7 Å². The van der Waals surface area contributed by atoms with E-state index in [9.17, 15) is 9.59 Å². The topological polar surface area (TPSA) is 73.6 Å². The fraction of sp³-hybridized carbons (Fsp3) is 0.125. The maximum absolute atomic E-state index is 11.9. The van der Waals surface area contributed by atoms with Gasteiger partial charge in [0.05, 0.1) is 12.7 Å². The third-order valence-corrected chi connectivity index (χ3v) is 4.11. The van der Waals surface area contributed by atoms with Crippen molar-refractivity contribution in [3.05, 3.63) is 70.3 Å². The van der Waals surface area contributed by atoms with E-state index in [1.54, 1.807) is 30.5 Å². The van der Waals surface area contributed by atoms with Crippen molar-refractivity contribution in [2.75, 3.05) is 7.11 Å². The molecule has 0 atom stereocenters. The van der Waals surface area contributed by atoms with E-state index >= 15 is 0 Å². The highest BCUT2D eigenvalue weighted by Crippen LogP contribution is 2.19. The van der Waals surface area contributed by atoms with Gasteiger partial charge in [0.2, 0.25) is 0 Å². The van der Waals surface area contributed by atoms with Crippen molar-refractivity contribution in [2.24, 2.45) is 0 Å². The molecule has 0 aliphatic heterocycles. The summed E-state index contributed by atoms with van der Waals surface area (Å²) in [4.78, 5) is 31.6. The minimum atomic E-state index is -0.366. The Kier molecular flexibility index (Phi) is 4.38. The third kappa shape index (κ3) is 3.40. The van der Waals surface area contributed by atoms with E-state index in [0.29, 0.717) is 22.1 Å². The van der Waals surface area contributed by atoms with Gasteiger partial charge in [-0.2, -0.15) is 4.98 Å². The summed E-state index contributed by atoms with van der Waals surface area (Å²) in [6.07, 6.45) is 1.64. The summed E-state index contributed by atoms with van der Waals surface area (Å²) in [6.45, 7) is 0. The number of hydrogen-bond donors (Lipinski definition) is 0. The molecule has 3 rings (SSSR count). The molecule has 0 N–H and O–H groups in total. The Morgan fingerprint density at radius 1 is 1.17 bits per heavy atom. The molecular formula is C16H13N3O3S. The van der Waals surface area contributed by atoms with Crippen molar-refractivity contribution in [2.45, 2.75) is 10.9 Å². The zero-order chi connectivity index (χ0) is 16.2. The van der Waals surface area contributed by atoms with Gasteiger partial charge in [-0.15, -0.1) is 0 Å². The number of benzene rings is 1. The van der Waals surface area contributed by atoms with E-state index in [1.807, 2.05) is 18.2 Å². The van der Waals surface area contributed by atoms with Gasteiger partial charge in [-0.1, -0.05) is 30.0 Å². The molecule has 2 aromatic heterocycles. The number of carbonyl (C=O) groups excluding carboxylic acids is 1. The molecule has 0 unspecified atom stereocenters. The molecule has 0 aliphatic rings. The molecule has 7 heteroatoms. The molecule has 0 amide bonds. The van der Waals surface area contributed by atoms with Gasteiger partial charge in [-0.3, -0.25) is 4.40 Å². The van der Waals surface area contributed by atoms with Crippen LogP contribution in [-0.2, 0) is 10.5 Å². The lowest BCUT2D eigenvalue weighted by Crippen LogP contribution is -2.18. The summed E-state index contributed by atoms with van der Waals surface area (Å²) >= 11 is 1.37. The van der Waals surface area contributed by atoms with Crippen LogP contribution in [0.2, 0.25) is 0 Å². The molecule has 116 valence electrons. The standard InChI is InChI=1S/C16H13N3O3S/c1-22-14(20)12-7-5-11(6-8-12)10-23-15-17-13-4-2-3-9-19(13)16(21)18-15/h2-9H,10H2,1H3. The molecule has 3 aromatic rings. The number of ether oxygens (including phenoxy) is 1. The smallest absolute Gasteiger partial charge is 0.355 e. The Hall–Kier alpha value is -2.67. The maximum atomic E-state index is 11.9. The second-order valence-electron chi connectivity index (χ2n) is 4.69. The molecule has 0 spiro atoms. The zero-order valence-corrected chi connectivity index (χ0v) is 13.1. The monoisotopic (exact) mass is 327 g/mol. The number of pyridine rings is 1. The van der Waals surface area contributed by atoms with Crippen LogP contribution in [0, 0.1) is 0 Å². The minimum Gasteiger partial charge on any atom is -0.465 e. The van der Waals surface area contributed by atoms with Crippen LogP contribution in [0.3, 0.4) is 0 Å². The van der Waals surface area contributed by atoms with Crippen molar-refractivity contribution in [3.8, 4) is 0 Å².